The van der Waals surface area contributed by atoms with Crippen LogP contribution in [0.15, 0.2) is 35.7 Å². The number of aliphatic hydroxyl groups is 1. The zero-order chi connectivity index (χ0) is 22.9. The average Bonchev–Trinajstić information content (AvgIpc) is 3.26. The maximum Gasteiger partial charge on any atom is 0.237 e. The van der Waals surface area contributed by atoms with Crippen molar-refractivity contribution in [3.63, 3.8) is 0 Å². The predicted molar refractivity (Wildman–Crippen MR) is 124 cm³/mol. The first kappa shape index (κ1) is 24.6. The van der Waals surface area contributed by atoms with Gasteiger partial charge < -0.3 is 19.5 Å². The number of amides is 1. The van der Waals surface area contributed by atoms with Gasteiger partial charge in [-0.05, 0) is 67.6 Å². The average molecular weight is 465 g/mol. The monoisotopic (exact) mass is 464 g/mol. The molecule has 0 spiro atoms. The van der Waals surface area contributed by atoms with E-state index >= 15 is 0 Å². The van der Waals surface area contributed by atoms with Crippen LogP contribution in [0.5, 0.6) is 5.75 Å². The molecule has 0 fully saturated rings. The summed E-state index contributed by atoms with van der Waals surface area (Å²) in [6.45, 7) is 7.07. The summed E-state index contributed by atoms with van der Waals surface area (Å²) in [6.07, 6.45) is 1.09. The maximum atomic E-state index is 13.3. The van der Waals surface area contributed by atoms with Gasteiger partial charge in [-0.25, -0.2) is 4.39 Å². The van der Waals surface area contributed by atoms with E-state index in [4.69, 9.17) is 9.47 Å². The third-order valence-corrected chi connectivity index (χ3v) is 6.52. The fourth-order valence-electron chi connectivity index (χ4n) is 4.02. The van der Waals surface area contributed by atoms with Crippen LogP contribution in [0.3, 0.4) is 0 Å². The van der Waals surface area contributed by atoms with Crippen molar-refractivity contribution in [3.8, 4) is 5.75 Å². The highest BCUT2D eigenvalue weighted by Crippen LogP contribution is 2.34. The highest BCUT2D eigenvalue weighted by Gasteiger charge is 2.33. The van der Waals surface area contributed by atoms with Gasteiger partial charge in [0.15, 0.2) is 0 Å². The molecule has 0 aliphatic carbocycles. The molecule has 32 heavy (non-hydrogen) atoms. The van der Waals surface area contributed by atoms with E-state index in [1.807, 2.05) is 16.7 Å². The quantitative estimate of drug-likeness (QED) is 0.521. The minimum absolute atomic E-state index is 0.0200. The third kappa shape index (κ3) is 6.75. The van der Waals surface area contributed by atoms with E-state index in [-0.39, 0.29) is 30.9 Å². The Morgan fingerprint density at radius 1 is 1.31 bits per heavy atom. The normalized spacial score (nSPS) is 16.8. The van der Waals surface area contributed by atoms with E-state index in [1.54, 1.807) is 23.5 Å². The number of ether oxygens (including phenoxy) is 2. The molecule has 0 saturated carbocycles. The van der Waals surface area contributed by atoms with Gasteiger partial charge in [0.2, 0.25) is 5.91 Å². The summed E-state index contributed by atoms with van der Waals surface area (Å²) in [7, 11) is 0. The van der Waals surface area contributed by atoms with Gasteiger partial charge in [0, 0.05) is 24.6 Å². The molecule has 0 radical (unpaired) electrons. The van der Waals surface area contributed by atoms with Crippen LogP contribution < -0.4 is 4.74 Å². The van der Waals surface area contributed by atoms with Gasteiger partial charge in [-0.3, -0.25) is 9.69 Å². The summed E-state index contributed by atoms with van der Waals surface area (Å²) in [5, 5.41) is 12.3. The van der Waals surface area contributed by atoms with E-state index < -0.39 is 6.10 Å². The van der Waals surface area contributed by atoms with Crippen molar-refractivity contribution in [2.75, 3.05) is 46.0 Å². The Balaban J connectivity index is 1.68. The molecular weight excluding hydrogens is 431 g/mol. The van der Waals surface area contributed by atoms with Crippen LogP contribution in [0.2, 0.25) is 0 Å². The number of aliphatic hydroxyl groups excluding tert-OH is 1. The van der Waals surface area contributed by atoms with Gasteiger partial charge in [-0.2, -0.15) is 0 Å². The highest BCUT2D eigenvalue weighted by molar-refractivity contribution is 7.10. The van der Waals surface area contributed by atoms with E-state index in [2.05, 4.69) is 18.4 Å². The molecule has 1 aromatic heterocycles. The Labute approximate surface area is 193 Å². The van der Waals surface area contributed by atoms with Gasteiger partial charge in [0.1, 0.15) is 18.2 Å². The summed E-state index contributed by atoms with van der Waals surface area (Å²) in [4.78, 5) is 18.5. The van der Waals surface area contributed by atoms with Crippen molar-refractivity contribution in [1.29, 1.82) is 0 Å². The summed E-state index contributed by atoms with van der Waals surface area (Å²) in [5.41, 5.74) is 1.12. The first-order valence-corrected chi connectivity index (χ1v) is 12.1. The third-order valence-electron chi connectivity index (χ3n) is 5.52. The number of benzene rings is 1. The zero-order valence-electron chi connectivity index (χ0n) is 18.8. The van der Waals surface area contributed by atoms with E-state index in [0.29, 0.717) is 32.1 Å². The number of thiophene rings is 1. The van der Waals surface area contributed by atoms with Crippen LogP contribution in [0.25, 0.3) is 0 Å². The molecule has 0 bridgehead atoms. The van der Waals surface area contributed by atoms with Crippen LogP contribution in [0.1, 0.15) is 36.8 Å². The molecule has 8 heteroatoms. The number of rotatable bonds is 12. The number of carbonyl (C=O) groups excluding carboxylic acids is 1. The number of hydrogen-bond acceptors (Lipinski definition) is 6. The van der Waals surface area contributed by atoms with Crippen molar-refractivity contribution in [1.82, 2.24) is 9.80 Å². The van der Waals surface area contributed by atoms with Crippen molar-refractivity contribution in [3.05, 3.63) is 52.0 Å². The first-order chi connectivity index (χ1) is 15.5. The van der Waals surface area contributed by atoms with Crippen LogP contribution in [-0.2, 0) is 16.0 Å². The van der Waals surface area contributed by atoms with Crippen molar-refractivity contribution < 1.29 is 23.8 Å². The fraction of sp³-hybridized carbons (Fsp3) is 0.542. The minimum Gasteiger partial charge on any atom is -0.491 e. The number of carbonyl (C=O) groups is 1. The molecule has 6 nitrogen and oxygen atoms in total. The number of hydrogen-bond donors (Lipinski definition) is 1. The Bertz CT molecular complexity index is 845. The topological polar surface area (TPSA) is 62.2 Å². The Morgan fingerprint density at radius 2 is 2.09 bits per heavy atom. The Kier molecular flexibility index (Phi) is 9.47. The van der Waals surface area contributed by atoms with Gasteiger partial charge in [0.05, 0.1) is 25.3 Å². The number of halogens is 1. The van der Waals surface area contributed by atoms with Crippen molar-refractivity contribution in [2.24, 2.45) is 0 Å². The van der Waals surface area contributed by atoms with Crippen LogP contribution in [-0.4, -0.2) is 72.9 Å². The summed E-state index contributed by atoms with van der Waals surface area (Å²) < 4.78 is 24.5. The molecule has 2 heterocycles. The molecule has 1 aliphatic heterocycles. The van der Waals surface area contributed by atoms with Gasteiger partial charge in [-0.1, -0.05) is 6.92 Å². The lowest BCUT2D eigenvalue weighted by molar-refractivity contribution is -0.136. The molecule has 2 atom stereocenters. The van der Waals surface area contributed by atoms with Gasteiger partial charge >= 0.3 is 0 Å². The lowest BCUT2D eigenvalue weighted by atomic mass is 10.0. The molecule has 1 amide bonds. The van der Waals surface area contributed by atoms with E-state index in [1.165, 1.54) is 17.0 Å². The summed E-state index contributed by atoms with van der Waals surface area (Å²) in [5.74, 6) is 0.286. The molecule has 2 aromatic rings. The molecular formula is C24H33FN2O4S. The Morgan fingerprint density at radius 3 is 2.81 bits per heavy atom. The SMILES string of the molecule is CCCN(CC(=O)N1CCc2sccc2[C@@H]1COc1ccc(F)cc1)C[C@H](O)COCC. The van der Waals surface area contributed by atoms with Crippen molar-refractivity contribution >= 4 is 17.2 Å². The van der Waals surface area contributed by atoms with Crippen LogP contribution in [0, 0.1) is 5.82 Å². The molecule has 1 N–H and O–H groups in total. The minimum atomic E-state index is -0.628. The van der Waals surface area contributed by atoms with Crippen LogP contribution in [0.4, 0.5) is 4.39 Å². The first-order valence-electron chi connectivity index (χ1n) is 11.2. The molecule has 1 aromatic carbocycles. The lowest BCUT2D eigenvalue weighted by Gasteiger charge is -2.37. The molecule has 1 aliphatic rings. The van der Waals surface area contributed by atoms with Crippen LogP contribution >= 0.6 is 11.3 Å². The molecule has 176 valence electrons. The summed E-state index contributed by atoms with van der Waals surface area (Å²) in [6, 6.07) is 7.80. The second-order valence-electron chi connectivity index (χ2n) is 7.97. The smallest absolute Gasteiger partial charge is 0.237 e. The van der Waals surface area contributed by atoms with Gasteiger partial charge in [0.25, 0.3) is 0 Å². The summed E-state index contributed by atoms with van der Waals surface area (Å²) >= 11 is 1.70. The van der Waals surface area contributed by atoms with E-state index in [9.17, 15) is 14.3 Å². The van der Waals surface area contributed by atoms with Gasteiger partial charge in [-0.15, -0.1) is 11.3 Å². The Hall–Kier alpha value is -2.00. The van der Waals surface area contributed by atoms with Crippen molar-refractivity contribution in [2.45, 2.75) is 38.8 Å². The lowest BCUT2D eigenvalue weighted by Crippen LogP contribution is -2.48. The fourth-order valence-corrected chi connectivity index (χ4v) is 4.95. The molecule has 0 unspecified atom stereocenters. The van der Waals surface area contributed by atoms with E-state index in [0.717, 1.165) is 24.9 Å². The second-order valence-corrected chi connectivity index (χ2v) is 8.97. The highest BCUT2D eigenvalue weighted by atomic mass is 32.1. The zero-order valence-corrected chi connectivity index (χ0v) is 19.7. The number of fused-ring (bicyclic) bond motifs is 1. The predicted octanol–water partition coefficient (Wildman–Crippen LogP) is 3.50. The largest absolute Gasteiger partial charge is 0.491 e. The molecule has 3 rings (SSSR count). The molecule has 0 saturated heterocycles. The maximum absolute atomic E-state index is 13.3. The standard InChI is InChI=1S/C24H33FN2O4S/c1-3-11-26(14-19(28)16-30-4-2)15-24(29)27-12-9-23-21(10-13-32-23)22(27)17-31-20-7-5-18(25)6-8-20/h5-8,10,13,19,22,28H,3-4,9,11-12,14-17H2,1-2H3/t19-,22-/m0/s1. The number of nitrogens with zero attached hydrogens (tertiary/aromatic N) is 2. The second kappa shape index (κ2) is 12.3.